The molecule has 0 unspecified atom stereocenters. The molecule has 1 aromatic heterocycles. The van der Waals surface area contributed by atoms with Crippen LogP contribution in [0, 0.1) is 18.6 Å². The van der Waals surface area contributed by atoms with Crippen molar-refractivity contribution in [3.8, 4) is 11.1 Å². The van der Waals surface area contributed by atoms with Crippen molar-refractivity contribution < 1.29 is 26.7 Å². The zero-order valence-corrected chi connectivity index (χ0v) is 17.5. The number of hydrogen-bond acceptors (Lipinski definition) is 5. The smallest absolute Gasteiger partial charge is 0.327 e. The quantitative estimate of drug-likeness (QED) is 0.635. The first-order chi connectivity index (χ1) is 13.4. The molecule has 9 heteroatoms. The number of hydrogen-bond donors (Lipinski definition) is 0. The van der Waals surface area contributed by atoms with Gasteiger partial charge in [-0.2, -0.15) is 0 Å². The van der Waals surface area contributed by atoms with Crippen molar-refractivity contribution >= 4 is 15.8 Å². The minimum Gasteiger partial charge on any atom is -0.465 e. The molecule has 0 radical (unpaired) electrons. The highest BCUT2D eigenvalue weighted by Gasteiger charge is 2.44. The van der Waals surface area contributed by atoms with E-state index in [1.54, 1.807) is 19.9 Å². The number of ether oxygens (including phenoxy) is 1. The van der Waals surface area contributed by atoms with Gasteiger partial charge in [-0.25, -0.2) is 17.2 Å². The van der Waals surface area contributed by atoms with Crippen LogP contribution < -0.4 is 5.56 Å². The summed E-state index contributed by atoms with van der Waals surface area (Å²) in [5.74, 6) is -2.44. The summed E-state index contributed by atoms with van der Waals surface area (Å²) in [5, 5.41) is 0. The lowest BCUT2D eigenvalue weighted by molar-refractivity contribution is -0.146. The van der Waals surface area contributed by atoms with Crippen molar-refractivity contribution in [3.63, 3.8) is 0 Å². The predicted molar refractivity (Wildman–Crippen MR) is 105 cm³/mol. The number of halogens is 2. The fourth-order valence-corrected chi connectivity index (χ4v) is 3.65. The second-order valence-electron chi connectivity index (χ2n) is 7.02. The summed E-state index contributed by atoms with van der Waals surface area (Å²) in [4.78, 5) is 24.6. The van der Waals surface area contributed by atoms with Gasteiger partial charge in [0.15, 0.2) is 14.6 Å². The van der Waals surface area contributed by atoms with Crippen molar-refractivity contribution in [1.82, 2.24) is 4.57 Å². The molecule has 2 rings (SSSR count). The van der Waals surface area contributed by atoms with E-state index < -0.39 is 37.7 Å². The lowest BCUT2D eigenvalue weighted by Gasteiger charge is -2.25. The van der Waals surface area contributed by atoms with Gasteiger partial charge in [-0.15, -0.1) is 0 Å². The van der Waals surface area contributed by atoms with Gasteiger partial charge in [0.2, 0.25) is 0 Å². The SMILES string of the molecule is CCOC(=O)[C@@](C)(CCn1cc(F)c(-c2ccc(C)cc2F)cc1=O)S(C)(=O)=O. The molecule has 0 spiro atoms. The number of benzene rings is 1. The lowest BCUT2D eigenvalue weighted by Crippen LogP contribution is -2.45. The molecule has 6 nitrogen and oxygen atoms in total. The molecule has 0 saturated carbocycles. The summed E-state index contributed by atoms with van der Waals surface area (Å²) in [6.07, 6.45) is 1.49. The van der Waals surface area contributed by atoms with Crippen LogP contribution in [0.2, 0.25) is 0 Å². The van der Waals surface area contributed by atoms with Crippen LogP contribution in [0.5, 0.6) is 0 Å². The molecule has 0 aliphatic rings. The Morgan fingerprint density at radius 2 is 1.83 bits per heavy atom. The average molecular weight is 427 g/mol. The monoisotopic (exact) mass is 427 g/mol. The zero-order valence-electron chi connectivity index (χ0n) is 16.7. The van der Waals surface area contributed by atoms with E-state index in [1.807, 2.05) is 0 Å². The summed E-state index contributed by atoms with van der Waals surface area (Å²) in [6.45, 7) is 4.19. The first kappa shape index (κ1) is 22.7. The van der Waals surface area contributed by atoms with Crippen molar-refractivity contribution in [2.75, 3.05) is 12.9 Å². The van der Waals surface area contributed by atoms with Crippen molar-refractivity contribution in [1.29, 1.82) is 0 Å². The highest BCUT2D eigenvalue weighted by atomic mass is 32.2. The Labute approximate surface area is 168 Å². The first-order valence-corrected chi connectivity index (χ1v) is 10.8. The molecule has 0 bridgehead atoms. The predicted octanol–water partition coefficient (Wildman–Crippen LogP) is 2.86. The molecule has 0 fully saturated rings. The van der Waals surface area contributed by atoms with Gasteiger partial charge in [-0.05, 0) is 38.8 Å². The third kappa shape index (κ3) is 4.72. The molecule has 1 aromatic carbocycles. The molecule has 0 aliphatic heterocycles. The van der Waals surface area contributed by atoms with Crippen molar-refractivity contribution in [3.05, 3.63) is 58.0 Å². The number of carbonyl (C=O) groups is 1. The van der Waals surface area contributed by atoms with E-state index in [2.05, 4.69) is 0 Å². The van der Waals surface area contributed by atoms with E-state index in [0.717, 1.165) is 23.1 Å². The molecule has 0 saturated heterocycles. The molecule has 0 N–H and O–H groups in total. The van der Waals surface area contributed by atoms with E-state index >= 15 is 0 Å². The number of pyridine rings is 1. The van der Waals surface area contributed by atoms with E-state index in [9.17, 15) is 26.8 Å². The number of aryl methyl sites for hydroxylation is 2. The third-order valence-corrected chi connectivity index (χ3v) is 6.86. The summed E-state index contributed by atoms with van der Waals surface area (Å²) in [7, 11) is -3.87. The van der Waals surface area contributed by atoms with Gasteiger partial charge in [-0.3, -0.25) is 9.59 Å². The zero-order chi connectivity index (χ0) is 22.0. The van der Waals surface area contributed by atoms with E-state index in [-0.39, 0.29) is 30.7 Å². The summed E-state index contributed by atoms with van der Waals surface area (Å²) in [6, 6.07) is 5.16. The second-order valence-corrected chi connectivity index (χ2v) is 9.47. The van der Waals surface area contributed by atoms with Gasteiger partial charge in [0, 0.05) is 36.2 Å². The maximum absolute atomic E-state index is 14.6. The molecule has 0 amide bonds. The maximum Gasteiger partial charge on any atom is 0.327 e. The number of rotatable bonds is 7. The Hall–Kier alpha value is -2.55. The Bertz CT molecular complexity index is 1090. The van der Waals surface area contributed by atoms with Gasteiger partial charge >= 0.3 is 5.97 Å². The molecule has 0 aliphatic carbocycles. The van der Waals surface area contributed by atoms with Crippen LogP contribution in [-0.2, 0) is 25.9 Å². The van der Waals surface area contributed by atoms with E-state index in [1.165, 1.54) is 19.1 Å². The third-order valence-electron chi connectivity index (χ3n) is 4.85. The Morgan fingerprint density at radius 3 is 2.38 bits per heavy atom. The topological polar surface area (TPSA) is 82.4 Å². The van der Waals surface area contributed by atoms with Gasteiger partial charge in [-0.1, -0.05) is 12.1 Å². The van der Waals surface area contributed by atoms with Gasteiger partial charge < -0.3 is 9.30 Å². The van der Waals surface area contributed by atoms with Crippen LogP contribution in [0.4, 0.5) is 8.78 Å². The molecule has 1 heterocycles. The second kappa shape index (κ2) is 8.44. The Balaban J connectivity index is 2.38. The van der Waals surface area contributed by atoms with E-state index in [4.69, 9.17) is 4.74 Å². The molecular formula is C20H23F2NO5S. The van der Waals surface area contributed by atoms with Gasteiger partial charge in [0.25, 0.3) is 5.56 Å². The van der Waals surface area contributed by atoms with Crippen molar-refractivity contribution in [2.24, 2.45) is 0 Å². The Kier molecular flexibility index (Phi) is 6.62. The van der Waals surface area contributed by atoms with Crippen LogP contribution in [0.3, 0.4) is 0 Å². The van der Waals surface area contributed by atoms with Crippen LogP contribution in [0.1, 0.15) is 25.8 Å². The largest absolute Gasteiger partial charge is 0.465 e. The van der Waals surface area contributed by atoms with E-state index in [0.29, 0.717) is 5.56 Å². The molecule has 1 atom stereocenters. The molecule has 2 aromatic rings. The van der Waals surface area contributed by atoms with Gasteiger partial charge in [0.1, 0.15) is 11.6 Å². The number of aromatic nitrogens is 1. The highest BCUT2D eigenvalue weighted by molar-refractivity contribution is 7.92. The Morgan fingerprint density at radius 1 is 1.17 bits per heavy atom. The average Bonchev–Trinajstić information content (AvgIpc) is 2.61. The van der Waals surface area contributed by atoms with Crippen molar-refractivity contribution in [2.45, 2.75) is 38.5 Å². The summed E-state index contributed by atoms with van der Waals surface area (Å²) in [5.41, 5.74) is -0.245. The number of carbonyl (C=O) groups excluding carboxylic acids is 1. The van der Waals surface area contributed by atoms with Crippen LogP contribution in [0.25, 0.3) is 11.1 Å². The molecule has 158 valence electrons. The lowest BCUT2D eigenvalue weighted by atomic mass is 10.0. The fourth-order valence-electron chi connectivity index (χ4n) is 2.82. The number of esters is 1. The normalized spacial score (nSPS) is 13.7. The molecular weight excluding hydrogens is 404 g/mol. The maximum atomic E-state index is 14.6. The van der Waals surface area contributed by atoms with Crippen LogP contribution in [-0.4, -0.2) is 36.6 Å². The molecule has 29 heavy (non-hydrogen) atoms. The standard InChI is InChI=1S/C20H23F2NO5S/c1-5-28-19(25)20(3,29(4,26)27)8-9-23-12-17(22)15(11-18(23)24)14-7-6-13(2)10-16(14)21/h6-7,10-12H,5,8-9H2,1-4H3/t20-/m1/s1. The fraction of sp³-hybridized carbons (Fsp3) is 0.400. The van der Waals surface area contributed by atoms with Gasteiger partial charge in [0.05, 0.1) is 6.61 Å². The highest BCUT2D eigenvalue weighted by Crippen LogP contribution is 2.26. The van der Waals surface area contributed by atoms with Crippen LogP contribution >= 0.6 is 0 Å². The summed E-state index contributed by atoms with van der Waals surface area (Å²) < 4.78 is 56.9. The summed E-state index contributed by atoms with van der Waals surface area (Å²) >= 11 is 0. The van der Waals surface area contributed by atoms with Crippen LogP contribution in [0.15, 0.2) is 35.3 Å². The first-order valence-electron chi connectivity index (χ1n) is 8.94. The minimum atomic E-state index is -3.87. The number of sulfone groups is 1. The number of nitrogens with zero attached hydrogens (tertiary/aromatic N) is 1. The minimum absolute atomic E-state index is 0.00463.